The minimum Gasteiger partial charge on any atom is -0.465 e. The largest absolute Gasteiger partial charge is 0.465 e. The van der Waals surface area contributed by atoms with Gasteiger partial charge in [0.25, 0.3) is 0 Å². The second-order valence-electron chi connectivity index (χ2n) is 9.15. The number of piperidine rings is 1. The Hall–Kier alpha value is -3.35. The zero-order valence-corrected chi connectivity index (χ0v) is 21.6. The number of nitrogens with zero attached hydrogens (tertiary/aromatic N) is 1. The summed E-state index contributed by atoms with van der Waals surface area (Å²) in [6.45, 7) is 7.93. The molecule has 7 heteroatoms. The number of para-hydroxylation sites is 1. The van der Waals surface area contributed by atoms with Crippen molar-refractivity contribution < 1.29 is 23.9 Å². The second kappa shape index (κ2) is 13.7. The van der Waals surface area contributed by atoms with Crippen molar-refractivity contribution in [2.24, 2.45) is 5.92 Å². The minimum absolute atomic E-state index is 0.0559. The third-order valence-corrected chi connectivity index (χ3v) is 6.45. The Bertz CT molecular complexity index is 997. The molecule has 36 heavy (non-hydrogen) atoms. The van der Waals surface area contributed by atoms with Crippen molar-refractivity contribution in [1.29, 1.82) is 0 Å². The van der Waals surface area contributed by atoms with Crippen LogP contribution in [0.25, 0.3) is 0 Å². The first-order chi connectivity index (χ1) is 17.4. The van der Waals surface area contributed by atoms with Gasteiger partial charge in [0.1, 0.15) is 0 Å². The third-order valence-electron chi connectivity index (χ3n) is 6.45. The molecule has 0 aliphatic carbocycles. The molecule has 1 aliphatic rings. The van der Waals surface area contributed by atoms with E-state index in [0.29, 0.717) is 0 Å². The average molecular weight is 495 g/mol. The summed E-state index contributed by atoms with van der Waals surface area (Å²) in [6.07, 6.45) is 4.11. The summed E-state index contributed by atoms with van der Waals surface area (Å²) in [7, 11) is 0. The molecule has 1 atom stereocenters. The normalized spacial score (nSPS) is 14.3. The molecule has 2 aromatic rings. The van der Waals surface area contributed by atoms with Crippen molar-refractivity contribution >= 4 is 23.5 Å². The van der Waals surface area contributed by atoms with Crippen LogP contribution in [0.3, 0.4) is 0 Å². The van der Waals surface area contributed by atoms with Gasteiger partial charge in [0.05, 0.1) is 25.7 Å². The number of hydrogen-bond acceptors (Lipinski definition) is 6. The predicted molar refractivity (Wildman–Crippen MR) is 140 cm³/mol. The van der Waals surface area contributed by atoms with Crippen LogP contribution >= 0.6 is 0 Å². The fraction of sp³-hybridized carbons (Fsp3) is 0.483. The van der Waals surface area contributed by atoms with Gasteiger partial charge in [-0.15, -0.1) is 0 Å². The molecule has 0 radical (unpaired) electrons. The van der Waals surface area contributed by atoms with E-state index < -0.39 is 17.9 Å². The molecule has 7 nitrogen and oxygen atoms in total. The molecule has 194 valence electrons. The van der Waals surface area contributed by atoms with Crippen molar-refractivity contribution in [1.82, 2.24) is 5.32 Å². The van der Waals surface area contributed by atoms with Crippen LogP contribution in [0.4, 0.5) is 5.69 Å². The number of nitrogens with one attached hydrogen (secondary N) is 1. The summed E-state index contributed by atoms with van der Waals surface area (Å²) >= 11 is 0. The highest BCUT2D eigenvalue weighted by atomic mass is 16.6. The molecule has 2 aromatic carbocycles. The van der Waals surface area contributed by atoms with E-state index in [1.165, 1.54) is 24.9 Å². The Morgan fingerprint density at radius 2 is 1.44 bits per heavy atom. The monoisotopic (exact) mass is 494 g/mol. The van der Waals surface area contributed by atoms with E-state index in [1.54, 1.807) is 13.8 Å². The fourth-order valence-electron chi connectivity index (χ4n) is 4.61. The van der Waals surface area contributed by atoms with Gasteiger partial charge in [-0.3, -0.25) is 14.4 Å². The molecule has 1 unspecified atom stereocenters. The van der Waals surface area contributed by atoms with Gasteiger partial charge < -0.3 is 19.7 Å². The standard InChI is InChI=1S/C29H38N2O5/c1-4-35-28(33)25(29(34)36-5-2)19-22-13-15-23(16-14-22)20-27(32)30-21(3)24-11-7-8-12-26(24)31-17-9-6-10-18-31/h7-8,11-16,21,25H,4-6,9-10,17-20H2,1-3H3,(H,30,32). The van der Waals surface area contributed by atoms with Crippen LogP contribution < -0.4 is 10.2 Å². The molecule has 0 spiro atoms. The van der Waals surface area contributed by atoms with Crippen LogP contribution in [0, 0.1) is 5.92 Å². The first-order valence-corrected chi connectivity index (χ1v) is 13.0. The Kier molecular flexibility index (Phi) is 10.3. The van der Waals surface area contributed by atoms with E-state index in [4.69, 9.17) is 9.47 Å². The van der Waals surface area contributed by atoms with Gasteiger partial charge in [0, 0.05) is 18.8 Å². The lowest BCUT2D eigenvalue weighted by Crippen LogP contribution is -2.33. The molecule has 3 rings (SSSR count). The molecular weight excluding hydrogens is 456 g/mol. The third kappa shape index (κ3) is 7.57. The van der Waals surface area contributed by atoms with Crippen molar-refractivity contribution in [3.63, 3.8) is 0 Å². The van der Waals surface area contributed by atoms with Gasteiger partial charge in [-0.05, 0) is 69.2 Å². The number of amides is 1. The van der Waals surface area contributed by atoms with Gasteiger partial charge in [0.15, 0.2) is 5.92 Å². The molecule has 1 aliphatic heterocycles. The Balaban J connectivity index is 1.60. The van der Waals surface area contributed by atoms with Gasteiger partial charge in [-0.25, -0.2) is 0 Å². The Labute approximate surface area is 214 Å². The number of carbonyl (C=O) groups excluding carboxylic acids is 3. The van der Waals surface area contributed by atoms with E-state index in [0.717, 1.165) is 29.8 Å². The Morgan fingerprint density at radius 1 is 0.861 bits per heavy atom. The molecule has 0 aromatic heterocycles. The zero-order valence-electron chi connectivity index (χ0n) is 21.6. The van der Waals surface area contributed by atoms with Crippen molar-refractivity contribution in [3.05, 3.63) is 65.2 Å². The van der Waals surface area contributed by atoms with E-state index in [9.17, 15) is 14.4 Å². The van der Waals surface area contributed by atoms with Crippen LogP contribution in [0.2, 0.25) is 0 Å². The van der Waals surface area contributed by atoms with Gasteiger partial charge in [0.2, 0.25) is 5.91 Å². The highest BCUT2D eigenvalue weighted by molar-refractivity contribution is 5.95. The maximum Gasteiger partial charge on any atom is 0.320 e. The number of benzene rings is 2. The average Bonchev–Trinajstić information content (AvgIpc) is 2.89. The molecule has 1 N–H and O–H groups in total. The SMILES string of the molecule is CCOC(=O)C(Cc1ccc(CC(=O)NC(C)c2ccccc2N2CCCCC2)cc1)C(=O)OCC. The zero-order chi connectivity index (χ0) is 25.9. The number of esters is 2. The van der Waals surface area contributed by atoms with Crippen molar-refractivity contribution in [2.75, 3.05) is 31.2 Å². The fourth-order valence-corrected chi connectivity index (χ4v) is 4.61. The van der Waals surface area contributed by atoms with E-state index in [-0.39, 0.29) is 38.0 Å². The second-order valence-corrected chi connectivity index (χ2v) is 9.15. The number of carbonyl (C=O) groups is 3. The molecule has 1 heterocycles. The molecule has 0 bridgehead atoms. The highest BCUT2D eigenvalue weighted by Gasteiger charge is 2.29. The number of rotatable bonds is 11. The maximum atomic E-state index is 12.8. The number of ether oxygens (including phenoxy) is 2. The number of anilines is 1. The van der Waals surface area contributed by atoms with Crippen molar-refractivity contribution in [2.45, 2.75) is 58.9 Å². The van der Waals surface area contributed by atoms with Crippen molar-refractivity contribution in [3.8, 4) is 0 Å². The summed E-state index contributed by atoms with van der Waals surface area (Å²) in [5.41, 5.74) is 3.99. The smallest absolute Gasteiger partial charge is 0.320 e. The van der Waals surface area contributed by atoms with Gasteiger partial charge >= 0.3 is 11.9 Å². The van der Waals surface area contributed by atoms with E-state index in [2.05, 4.69) is 28.4 Å². The first kappa shape index (κ1) is 27.2. The number of hydrogen-bond donors (Lipinski definition) is 1. The summed E-state index contributed by atoms with van der Waals surface area (Å²) in [5, 5.41) is 3.14. The summed E-state index contributed by atoms with van der Waals surface area (Å²) in [4.78, 5) is 39.7. The summed E-state index contributed by atoms with van der Waals surface area (Å²) in [5.74, 6) is -2.23. The van der Waals surface area contributed by atoms with E-state index in [1.807, 2.05) is 37.3 Å². The highest BCUT2D eigenvalue weighted by Crippen LogP contribution is 2.28. The van der Waals surface area contributed by atoms with Gasteiger partial charge in [-0.1, -0.05) is 42.5 Å². The van der Waals surface area contributed by atoms with Crippen LogP contribution in [0.5, 0.6) is 0 Å². The Morgan fingerprint density at radius 3 is 2.06 bits per heavy atom. The molecular formula is C29H38N2O5. The van der Waals surface area contributed by atoms with Crippen LogP contribution in [-0.4, -0.2) is 44.1 Å². The summed E-state index contributed by atoms with van der Waals surface area (Å²) in [6, 6.07) is 15.6. The predicted octanol–water partition coefficient (Wildman–Crippen LogP) is 4.38. The molecule has 1 saturated heterocycles. The maximum absolute atomic E-state index is 12.8. The summed E-state index contributed by atoms with van der Waals surface area (Å²) < 4.78 is 10.1. The van der Waals surface area contributed by atoms with E-state index >= 15 is 0 Å². The van der Waals surface area contributed by atoms with Gasteiger partial charge in [-0.2, -0.15) is 0 Å². The quantitative estimate of drug-likeness (QED) is 0.369. The van der Waals surface area contributed by atoms with Crippen LogP contribution in [-0.2, 0) is 36.7 Å². The molecule has 0 saturated carbocycles. The minimum atomic E-state index is -1.00. The topological polar surface area (TPSA) is 84.9 Å². The van der Waals surface area contributed by atoms with Crippen LogP contribution in [0.1, 0.15) is 62.8 Å². The molecule has 1 fully saturated rings. The van der Waals surface area contributed by atoms with Crippen LogP contribution in [0.15, 0.2) is 48.5 Å². The lowest BCUT2D eigenvalue weighted by molar-refractivity contribution is -0.161. The molecule has 1 amide bonds. The first-order valence-electron chi connectivity index (χ1n) is 13.0. The lowest BCUT2D eigenvalue weighted by Gasteiger charge is -2.32. The lowest BCUT2D eigenvalue weighted by atomic mass is 9.98.